The summed E-state index contributed by atoms with van der Waals surface area (Å²) in [5, 5.41) is 0. The fraction of sp³-hybridized carbons (Fsp3) is 0. The normalized spacial score (nSPS) is 0. The largest absolute Gasteiger partial charge is 0.147 e. The van der Waals surface area contributed by atoms with Gasteiger partial charge in [-0.2, -0.15) is 0 Å². The zero-order chi connectivity index (χ0) is 0. The number of hydrogen-bond acceptors (Lipinski definition) is 0. The van der Waals surface area contributed by atoms with Crippen molar-refractivity contribution in [3.05, 3.63) is 0 Å². The van der Waals surface area contributed by atoms with Crippen LogP contribution in [0.4, 0.5) is 0 Å². The molecule has 0 aliphatic carbocycles. The Bertz CT molecular complexity index is 4.85. The molecule has 0 aromatic carbocycles. The molecule has 0 aliphatic heterocycles. The standard InChI is InChI=1S/3ClH.2Ru/h3*1H;;. The minimum atomic E-state index is 0. The molecule has 0 aliphatic rings. The van der Waals surface area contributed by atoms with Crippen LogP contribution < -0.4 is 0 Å². The van der Waals surface area contributed by atoms with Crippen LogP contribution in [-0.4, -0.2) is 0 Å². The Labute approximate surface area is 75.6 Å². The molecule has 0 aromatic rings. The van der Waals surface area contributed by atoms with E-state index < -0.39 is 0 Å². The van der Waals surface area contributed by atoms with Crippen molar-refractivity contribution in [3.63, 3.8) is 0 Å². The van der Waals surface area contributed by atoms with Crippen LogP contribution in [-0.2, 0) is 39.0 Å². The minimum absolute atomic E-state index is 0. The molecular formula is H3Cl3Ru2. The first-order chi connectivity index (χ1) is 0. The molecule has 0 aromatic heterocycles. The third-order valence-corrected chi connectivity index (χ3v) is 0. The Morgan fingerprint density at radius 1 is 0.400 bits per heavy atom. The second kappa shape index (κ2) is 35.7. The Morgan fingerprint density at radius 2 is 0.400 bits per heavy atom. The van der Waals surface area contributed by atoms with Crippen molar-refractivity contribution in [1.29, 1.82) is 0 Å². The van der Waals surface area contributed by atoms with Gasteiger partial charge >= 0.3 is 0 Å². The second-order valence-electron chi connectivity index (χ2n) is 0. The second-order valence-corrected chi connectivity index (χ2v) is 0. The van der Waals surface area contributed by atoms with Crippen LogP contribution in [0.1, 0.15) is 0 Å². The van der Waals surface area contributed by atoms with Crippen molar-refractivity contribution >= 4 is 37.2 Å². The van der Waals surface area contributed by atoms with Crippen LogP contribution in [0.3, 0.4) is 0 Å². The van der Waals surface area contributed by atoms with Crippen molar-refractivity contribution in [2.24, 2.45) is 0 Å². The van der Waals surface area contributed by atoms with Crippen LogP contribution in [0.2, 0.25) is 0 Å². The van der Waals surface area contributed by atoms with Crippen molar-refractivity contribution in [2.45, 2.75) is 0 Å². The summed E-state index contributed by atoms with van der Waals surface area (Å²) in [7, 11) is 0. The van der Waals surface area contributed by atoms with Gasteiger partial charge in [-0.15, -0.1) is 37.2 Å². The summed E-state index contributed by atoms with van der Waals surface area (Å²) >= 11 is 0. The number of hydrogen-bond donors (Lipinski definition) is 0. The first-order valence-corrected chi connectivity index (χ1v) is 0. The van der Waals surface area contributed by atoms with Gasteiger partial charge in [0, 0.05) is 39.0 Å². The van der Waals surface area contributed by atoms with E-state index in [1.54, 1.807) is 0 Å². The molecular weight excluding hydrogens is 308 g/mol. The summed E-state index contributed by atoms with van der Waals surface area (Å²) in [6.07, 6.45) is 0. The molecule has 0 amide bonds. The zero-order valence-electron chi connectivity index (χ0n) is 1.93. The first-order valence-electron chi connectivity index (χ1n) is 0. The van der Waals surface area contributed by atoms with E-state index in [2.05, 4.69) is 0 Å². The van der Waals surface area contributed by atoms with Gasteiger partial charge in [0.25, 0.3) is 0 Å². The van der Waals surface area contributed by atoms with Gasteiger partial charge < -0.3 is 0 Å². The van der Waals surface area contributed by atoms with Crippen LogP contribution in [0.5, 0.6) is 0 Å². The van der Waals surface area contributed by atoms with Gasteiger partial charge in [0.15, 0.2) is 0 Å². The van der Waals surface area contributed by atoms with E-state index >= 15 is 0 Å². The Hall–Kier alpha value is 2.12. The van der Waals surface area contributed by atoms with Crippen molar-refractivity contribution in [3.8, 4) is 0 Å². The topological polar surface area (TPSA) is 0 Å². The average Bonchev–Trinajstić information content (AvgIpc) is 0. The van der Waals surface area contributed by atoms with Crippen LogP contribution in [0.25, 0.3) is 0 Å². The average molecular weight is 312 g/mol. The first kappa shape index (κ1) is 59.4. The molecule has 40 valence electrons. The van der Waals surface area contributed by atoms with E-state index in [0.29, 0.717) is 0 Å². The predicted octanol–water partition coefficient (Wildman–Crippen LogP) is 1.26. The summed E-state index contributed by atoms with van der Waals surface area (Å²) in [5.41, 5.74) is 0. The van der Waals surface area contributed by atoms with Gasteiger partial charge in [-0.25, -0.2) is 0 Å². The van der Waals surface area contributed by atoms with E-state index in [4.69, 9.17) is 0 Å². The zero-order valence-corrected chi connectivity index (χ0v) is 7.86. The molecule has 0 saturated carbocycles. The molecule has 0 saturated heterocycles. The minimum Gasteiger partial charge on any atom is -0.147 e. The summed E-state index contributed by atoms with van der Waals surface area (Å²) in [5.74, 6) is 0. The quantitative estimate of drug-likeness (QED) is 0.591. The fourth-order valence-corrected chi connectivity index (χ4v) is 0. The summed E-state index contributed by atoms with van der Waals surface area (Å²) < 4.78 is 0. The van der Waals surface area contributed by atoms with Gasteiger partial charge in [-0.3, -0.25) is 0 Å². The summed E-state index contributed by atoms with van der Waals surface area (Å²) in [4.78, 5) is 0. The van der Waals surface area contributed by atoms with Crippen molar-refractivity contribution in [1.82, 2.24) is 0 Å². The molecule has 5 heavy (non-hydrogen) atoms. The van der Waals surface area contributed by atoms with E-state index in [-0.39, 0.29) is 76.2 Å². The maximum absolute atomic E-state index is 0. The van der Waals surface area contributed by atoms with Gasteiger partial charge in [0.05, 0.1) is 0 Å². The number of rotatable bonds is 0. The smallest absolute Gasteiger partial charge is 0 e. The molecule has 0 fully saturated rings. The molecule has 0 spiro atoms. The fourth-order valence-electron chi connectivity index (χ4n) is 0. The number of halogens is 3. The molecule has 5 heteroatoms. The predicted molar refractivity (Wildman–Crippen MR) is 21.7 cm³/mol. The van der Waals surface area contributed by atoms with E-state index in [9.17, 15) is 0 Å². The molecule has 0 N–H and O–H groups in total. The van der Waals surface area contributed by atoms with Gasteiger partial charge in [0.1, 0.15) is 0 Å². The Balaban J connectivity index is 0. The van der Waals surface area contributed by atoms with Crippen molar-refractivity contribution in [2.75, 3.05) is 0 Å². The van der Waals surface area contributed by atoms with Crippen LogP contribution in [0, 0.1) is 0 Å². The SMILES string of the molecule is Cl.Cl.Cl.[Ru].[Ru]. The van der Waals surface area contributed by atoms with Gasteiger partial charge in [-0.1, -0.05) is 0 Å². The molecule has 0 heterocycles. The van der Waals surface area contributed by atoms with E-state index in [1.165, 1.54) is 0 Å². The van der Waals surface area contributed by atoms with Crippen LogP contribution >= 0.6 is 37.2 Å². The van der Waals surface area contributed by atoms with Gasteiger partial charge in [-0.05, 0) is 0 Å². The maximum atomic E-state index is 0. The van der Waals surface area contributed by atoms with Crippen molar-refractivity contribution < 1.29 is 39.0 Å². The van der Waals surface area contributed by atoms with E-state index in [1.807, 2.05) is 0 Å². The molecule has 0 nitrogen and oxygen atoms in total. The molecule has 0 radical (unpaired) electrons. The summed E-state index contributed by atoms with van der Waals surface area (Å²) in [6.45, 7) is 0. The van der Waals surface area contributed by atoms with Crippen LogP contribution in [0.15, 0.2) is 0 Å². The third kappa shape index (κ3) is 23.1. The Morgan fingerprint density at radius 3 is 0.400 bits per heavy atom. The maximum Gasteiger partial charge on any atom is 0 e. The molecule has 0 bridgehead atoms. The van der Waals surface area contributed by atoms with E-state index in [0.717, 1.165) is 0 Å². The molecule has 0 rings (SSSR count). The molecule has 0 unspecified atom stereocenters. The monoisotopic (exact) mass is 312 g/mol. The molecule has 0 atom stereocenters. The Kier molecular flexibility index (Phi) is 425. The third-order valence-electron chi connectivity index (χ3n) is 0. The summed E-state index contributed by atoms with van der Waals surface area (Å²) in [6, 6.07) is 0. The van der Waals surface area contributed by atoms with Gasteiger partial charge in [0.2, 0.25) is 0 Å².